The number of aldehydes is 2. The third-order valence-corrected chi connectivity index (χ3v) is 11.8. The number of rotatable bonds is 14. The highest BCUT2D eigenvalue weighted by Gasteiger charge is 2.14. The first-order chi connectivity index (χ1) is 34.3. The Labute approximate surface area is 413 Å². The summed E-state index contributed by atoms with van der Waals surface area (Å²) in [6.07, 6.45) is 8.97. The number of phenolic OH excluding ortho intramolecular Hbond substituents is 8. The lowest BCUT2D eigenvalue weighted by atomic mass is 10.1. The van der Waals surface area contributed by atoms with E-state index in [1.807, 2.05) is 41.5 Å². The van der Waals surface area contributed by atoms with E-state index in [-0.39, 0.29) is 90.5 Å². The number of hydrogen-bond donors (Lipinski definition) is 8. The molecule has 0 aliphatic rings. The van der Waals surface area contributed by atoms with Gasteiger partial charge in [0.15, 0.2) is 12.6 Å². The van der Waals surface area contributed by atoms with Crippen LogP contribution in [0.4, 0.5) is 34.1 Å². The molecule has 8 N–H and O–H groups in total. The van der Waals surface area contributed by atoms with Crippen LogP contribution in [0.3, 0.4) is 0 Å². The molecule has 7 aromatic carbocycles. The lowest BCUT2D eigenvalue weighted by Gasteiger charge is -2.09. The highest BCUT2D eigenvalue weighted by molar-refractivity contribution is 5.97. The molecule has 0 bridgehead atoms. The molecule has 0 atom stereocenters. The number of nitrogens with zero attached hydrogens (tertiary/aromatic N) is 6. The number of aliphatic imine (C=N–C) groups is 6. The van der Waals surface area contributed by atoms with Crippen LogP contribution < -0.4 is 0 Å². The van der Waals surface area contributed by atoms with E-state index in [0.717, 1.165) is 45.5 Å². The molecule has 0 saturated heterocycles. The van der Waals surface area contributed by atoms with Crippen molar-refractivity contribution in [2.45, 2.75) is 41.5 Å². The minimum Gasteiger partial charge on any atom is -0.507 e. The average Bonchev–Trinajstić information content (AvgIpc) is 3.34. The topological polar surface area (TPSA) is 270 Å². The average molecular weight is 965 g/mol. The predicted molar refractivity (Wildman–Crippen MR) is 281 cm³/mol. The Balaban J connectivity index is 1.11. The summed E-state index contributed by atoms with van der Waals surface area (Å²) in [7, 11) is 0. The van der Waals surface area contributed by atoms with Crippen molar-refractivity contribution < 1.29 is 50.4 Å². The van der Waals surface area contributed by atoms with Gasteiger partial charge >= 0.3 is 0 Å². The van der Waals surface area contributed by atoms with Gasteiger partial charge in [-0.15, -0.1) is 0 Å². The van der Waals surface area contributed by atoms with Crippen LogP contribution in [0.5, 0.6) is 46.0 Å². The molecule has 0 heterocycles. The van der Waals surface area contributed by atoms with Crippen molar-refractivity contribution in [2.75, 3.05) is 0 Å². The van der Waals surface area contributed by atoms with Crippen molar-refractivity contribution in [1.82, 2.24) is 0 Å². The third-order valence-electron chi connectivity index (χ3n) is 11.8. The smallest absolute Gasteiger partial charge is 0.153 e. The molecule has 0 spiro atoms. The molecular formula is C56H48N6O10. The number of aromatic hydroxyl groups is 8. The van der Waals surface area contributed by atoms with E-state index in [4.69, 9.17) is 0 Å². The normalized spacial score (nSPS) is 12.0. The van der Waals surface area contributed by atoms with E-state index in [2.05, 4.69) is 30.0 Å². The van der Waals surface area contributed by atoms with E-state index in [9.17, 15) is 50.4 Å². The van der Waals surface area contributed by atoms with Gasteiger partial charge in [-0.1, -0.05) is 0 Å². The lowest BCUT2D eigenvalue weighted by molar-refractivity contribution is 0.111. The van der Waals surface area contributed by atoms with E-state index in [1.165, 1.54) is 73.7 Å². The fraction of sp³-hybridized carbons (Fsp3) is 0.107. The minimum atomic E-state index is -0.315. The second-order valence-electron chi connectivity index (χ2n) is 16.9. The summed E-state index contributed by atoms with van der Waals surface area (Å²) < 4.78 is 0. The zero-order chi connectivity index (χ0) is 52.0. The van der Waals surface area contributed by atoms with Gasteiger partial charge < -0.3 is 40.9 Å². The number of hydrogen-bond acceptors (Lipinski definition) is 16. The summed E-state index contributed by atoms with van der Waals surface area (Å²) in [4.78, 5) is 49.6. The second-order valence-corrected chi connectivity index (χ2v) is 16.9. The molecular weight excluding hydrogens is 917 g/mol. The van der Waals surface area contributed by atoms with Gasteiger partial charge in [-0.25, -0.2) is 0 Å². The molecule has 0 radical (unpaired) electrons. The van der Waals surface area contributed by atoms with Crippen molar-refractivity contribution in [3.05, 3.63) is 163 Å². The molecule has 0 aliphatic carbocycles. The van der Waals surface area contributed by atoms with E-state index in [0.29, 0.717) is 46.7 Å². The van der Waals surface area contributed by atoms with Gasteiger partial charge in [-0.05, 0) is 160 Å². The predicted octanol–water partition coefficient (Wildman–Crippen LogP) is 11.3. The van der Waals surface area contributed by atoms with E-state index < -0.39 is 0 Å². The van der Waals surface area contributed by atoms with E-state index in [1.54, 1.807) is 36.4 Å². The first-order valence-electron chi connectivity index (χ1n) is 22.0. The zero-order valence-electron chi connectivity index (χ0n) is 39.8. The van der Waals surface area contributed by atoms with Gasteiger partial charge in [0.05, 0.1) is 45.3 Å². The zero-order valence-corrected chi connectivity index (χ0v) is 39.8. The van der Waals surface area contributed by atoms with Gasteiger partial charge in [-0.2, -0.15) is 0 Å². The van der Waals surface area contributed by atoms with Gasteiger partial charge in [0.1, 0.15) is 46.0 Å². The maximum atomic E-state index is 11.2. The number of carbonyl (C=O) groups excluding carboxylic acids is 2. The molecule has 0 saturated carbocycles. The molecule has 0 amide bonds. The Morgan fingerprint density at radius 2 is 0.389 bits per heavy atom. The monoisotopic (exact) mass is 964 g/mol. The van der Waals surface area contributed by atoms with Crippen LogP contribution in [0.15, 0.2) is 115 Å². The first-order valence-corrected chi connectivity index (χ1v) is 22.0. The van der Waals surface area contributed by atoms with Gasteiger partial charge in [0.2, 0.25) is 0 Å². The van der Waals surface area contributed by atoms with Crippen LogP contribution in [0.25, 0.3) is 0 Å². The summed E-state index contributed by atoms with van der Waals surface area (Å²) >= 11 is 0. The van der Waals surface area contributed by atoms with Crippen molar-refractivity contribution in [3.8, 4) is 46.0 Å². The lowest BCUT2D eigenvalue weighted by Crippen LogP contribution is -1.90. The molecule has 0 unspecified atom stereocenters. The fourth-order valence-electron chi connectivity index (χ4n) is 7.06. The Hall–Kier alpha value is -9.70. The van der Waals surface area contributed by atoms with E-state index >= 15 is 0 Å². The molecule has 0 fully saturated rings. The highest BCUT2D eigenvalue weighted by atomic mass is 16.3. The number of benzene rings is 7. The fourth-order valence-corrected chi connectivity index (χ4v) is 7.06. The number of carbonyl (C=O) groups is 2. The van der Waals surface area contributed by atoms with Gasteiger partial charge in [0.25, 0.3) is 0 Å². The quantitative estimate of drug-likeness (QED) is 0.0290. The maximum Gasteiger partial charge on any atom is 0.153 e. The molecule has 72 heavy (non-hydrogen) atoms. The van der Waals surface area contributed by atoms with Crippen molar-refractivity contribution >= 4 is 84.0 Å². The third kappa shape index (κ3) is 11.4. The minimum absolute atomic E-state index is 0.0701. The van der Waals surface area contributed by atoms with Gasteiger partial charge in [-0.3, -0.25) is 39.5 Å². The molecule has 16 heteroatoms. The summed E-state index contributed by atoms with van der Waals surface area (Å²) in [6, 6.07) is 20.7. The maximum absolute atomic E-state index is 11.2. The summed E-state index contributed by atoms with van der Waals surface area (Å²) in [5.74, 6) is -2.00. The molecule has 16 nitrogen and oxygen atoms in total. The standard InChI is InChI=1S/C56H48N6O10/c1-29-7-43(57-21-35-13-51(67)37(15-49(35)65)23-59-45-9-31(3)33(5)11-47(45)61-25-39-17-55(71)41(27-63)19-53(39)69)44(8-30(29)2)58-22-36-14-52(68)38(16-50(36)66)24-60-46-10-32(4)34(6)12-48(46)62-26-40-18-56(72)42(28-64)20-54(40)70/h7-28,65-72H,1-6H3. The van der Waals surface area contributed by atoms with Crippen molar-refractivity contribution in [3.63, 3.8) is 0 Å². The van der Waals surface area contributed by atoms with Crippen LogP contribution >= 0.6 is 0 Å². The Morgan fingerprint density at radius 1 is 0.250 bits per heavy atom. The van der Waals surface area contributed by atoms with Gasteiger partial charge in [0, 0.05) is 70.7 Å². The highest BCUT2D eigenvalue weighted by Crippen LogP contribution is 2.37. The largest absolute Gasteiger partial charge is 0.507 e. The first kappa shape index (κ1) is 50.2. The molecule has 0 aliphatic heterocycles. The van der Waals surface area contributed by atoms with Crippen LogP contribution in [-0.2, 0) is 0 Å². The Bertz CT molecular complexity index is 3290. The Kier molecular flexibility index (Phi) is 14.8. The second kappa shape index (κ2) is 21.3. The van der Waals surface area contributed by atoms with Crippen LogP contribution in [0, 0.1) is 41.5 Å². The molecule has 362 valence electrons. The summed E-state index contributed by atoms with van der Waals surface area (Å²) in [5, 5.41) is 85.3. The summed E-state index contributed by atoms with van der Waals surface area (Å²) in [6.45, 7) is 11.4. The van der Waals surface area contributed by atoms with Crippen molar-refractivity contribution in [1.29, 1.82) is 0 Å². The molecule has 7 rings (SSSR count). The molecule has 0 aromatic heterocycles. The van der Waals surface area contributed by atoms with Crippen LogP contribution in [-0.4, -0.2) is 90.7 Å². The SMILES string of the molecule is Cc1cc(N=Cc2cc(O)c(C=O)cc2O)c(N=Cc2cc(O)c(C=Nc3cc(C)c(C)cc3N=Cc3cc(O)c(C=Nc4cc(C)c(C)cc4N=Cc4cc(O)c(C=O)cc4O)cc3O)cc2O)cc1C. The molecule has 7 aromatic rings. The van der Waals surface area contributed by atoms with Crippen LogP contribution in [0.2, 0.25) is 0 Å². The number of aryl methyl sites for hydroxylation is 6. The van der Waals surface area contributed by atoms with Crippen LogP contribution in [0.1, 0.15) is 87.5 Å². The Morgan fingerprint density at radius 3 is 0.542 bits per heavy atom. The van der Waals surface area contributed by atoms with Crippen molar-refractivity contribution in [2.24, 2.45) is 30.0 Å². The summed E-state index contributed by atoms with van der Waals surface area (Å²) in [5.41, 5.74) is 8.76. The number of phenols is 8.